The highest BCUT2D eigenvalue weighted by atomic mass is 32.2. The molecule has 3 N–H and O–H groups in total. The molecule has 7 nitrogen and oxygen atoms in total. The van der Waals surface area contributed by atoms with E-state index in [2.05, 4.69) is 4.98 Å². The SMILES string of the molecule is CCC[C@@H](C(CS(=O)(=O)Cc1ccccc1)C(N)=O)C(O)c1nc2ccccc2o1. The Morgan fingerprint density at radius 3 is 2.43 bits per heavy atom. The molecule has 1 heterocycles. The molecule has 0 radical (unpaired) electrons. The summed E-state index contributed by atoms with van der Waals surface area (Å²) in [5.41, 5.74) is 7.31. The maximum absolute atomic E-state index is 12.8. The van der Waals surface area contributed by atoms with Crippen molar-refractivity contribution in [1.29, 1.82) is 0 Å². The largest absolute Gasteiger partial charge is 0.438 e. The predicted octanol–water partition coefficient (Wildman–Crippen LogP) is 2.99. The van der Waals surface area contributed by atoms with E-state index < -0.39 is 39.4 Å². The van der Waals surface area contributed by atoms with E-state index in [0.717, 1.165) is 0 Å². The number of hydrogen-bond acceptors (Lipinski definition) is 6. The molecule has 8 heteroatoms. The fraction of sp³-hybridized carbons (Fsp3) is 0.364. The quantitative estimate of drug-likeness (QED) is 0.510. The van der Waals surface area contributed by atoms with Gasteiger partial charge in [0.2, 0.25) is 11.8 Å². The van der Waals surface area contributed by atoms with Crippen LogP contribution >= 0.6 is 0 Å². The lowest BCUT2D eigenvalue weighted by Gasteiger charge is -2.27. The molecular formula is C22H26N2O5S. The topological polar surface area (TPSA) is 123 Å². The molecule has 2 aromatic carbocycles. The lowest BCUT2D eigenvalue weighted by atomic mass is 9.84. The number of primary amides is 1. The van der Waals surface area contributed by atoms with Crippen LogP contribution in [0.25, 0.3) is 11.1 Å². The van der Waals surface area contributed by atoms with Crippen molar-refractivity contribution < 1.29 is 22.7 Å². The number of aliphatic hydroxyl groups is 1. The average molecular weight is 431 g/mol. The number of amides is 1. The maximum atomic E-state index is 12.8. The van der Waals surface area contributed by atoms with Gasteiger partial charge in [-0.3, -0.25) is 4.79 Å². The zero-order valence-corrected chi connectivity index (χ0v) is 17.6. The number of carbonyl (C=O) groups excluding carboxylic acids is 1. The maximum Gasteiger partial charge on any atom is 0.224 e. The van der Waals surface area contributed by atoms with Gasteiger partial charge in [0.15, 0.2) is 15.4 Å². The molecule has 0 saturated heterocycles. The van der Waals surface area contributed by atoms with Crippen molar-refractivity contribution in [2.75, 3.05) is 5.75 Å². The Balaban J connectivity index is 1.87. The molecule has 0 fully saturated rings. The summed E-state index contributed by atoms with van der Waals surface area (Å²) in [6.45, 7) is 1.89. The van der Waals surface area contributed by atoms with Crippen LogP contribution in [-0.4, -0.2) is 30.2 Å². The summed E-state index contributed by atoms with van der Waals surface area (Å²) in [5.74, 6) is -3.15. The molecule has 3 rings (SSSR count). The third kappa shape index (κ3) is 5.25. The van der Waals surface area contributed by atoms with Crippen LogP contribution in [0.2, 0.25) is 0 Å². The molecule has 160 valence electrons. The summed E-state index contributed by atoms with van der Waals surface area (Å²) in [6, 6.07) is 15.8. The summed E-state index contributed by atoms with van der Waals surface area (Å²) >= 11 is 0. The van der Waals surface area contributed by atoms with E-state index in [-0.39, 0.29) is 11.6 Å². The van der Waals surface area contributed by atoms with Crippen LogP contribution in [0.15, 0.2) is 59.0 Å². The Labute approximate surface area is 175 Å². The molecule has 0 aliphatic carbocycles. The first-order valence-electron chi connectivity index (χ1n) is 9.88. The van der Waals surface area contributed by atoms with Gasteiger partial charge in [0.05, 0.1) is 17.4 Å². The van der Waals surface area contributed by atoms with E-state index in [4.69, 9.17) is 10.2 Å². The smallest absolute Gasteiger partial charge is 0.224 e. The number of benzene rings is 2. The van der Waals surface area contributed by atoms with Crippen LogP contribution in [0.3, 0.4) is 0 Å². The zero-order valence-electron chi connectivity index (χ0n) is 16.8. The van der Waals surface area contributed by atoms with E-state index in [1.807, 2.05) is 6.92 Å². The number of hydrogen-bond donors (Lipinski definition) is 2. The Kier molecular flexibility index (Phi) is 6.89. The van der Waals surface area contributed by atoms with Gasteiger partial charge in [-0.2, -0.15) is 0 Å². The third-order valence-corrected chi connectivity index (χ3v) is 6.78. The second kappa shape index (κ2) is 9.40. The molecule has 0 bridgehead atoms. The number of nitrogens with two attached hydrogens (primary N) is 1. The highest BCUT2D eigenvalue weighted by molar-refractivity contribution is 7.90. The summed E-state index contributed by atoms with van der Waals surface area (Å²) in [4.78, 5) is 16.6. The van der Waals surface area contributed by atoms with Crippen molar-refractivity contribution in [1.82, 2.24) is 4.98 Å². The second-order valence-corrected chi connectivity index (χ2v) is 9.58. The van der Waals surface area contributed by atoms with Crippen molar-refractivity contribution >= 4 is 26.8 Å². The minimum Gasteiger partial charge on any atom is -0.438 e. The predicted molar refractivity (Wildman–Crippen MR) is 114 cm³/mol. The molecule has 30 heavy (non-hydrogen) atoms. The number of sulfone groups is 1. The normalized spacial score (nSPS) is 15.0. The zero-order chi connectivity index (χ0) is 21.7. The van der Waals surface area contributed by atoms with Crippen LogP contribution in [0, 0.1) is 11.8 Å². The fourth-order valence-electron chi connectivity index (χ4n) is 3.69. The van der Waals surface area contributed by atoms with Crippen molar-refractivity contribution in [3.05, 3.63) is 66.1 Å². The van der Waals surface area contributed by atoms with Crippen molar-refractivity contribution in [2.24, 2.45) is 17.6 Å². The minimum atomic E-state index is -3.65. The lowest BCUT2D eigenvalue weighted by molar-refractivity contribution is -0.124. The number of aliphatic hydroxyl groups excluding tert-OH is 1. The molecule has 0 aliphatic rings. The first-order chi connectivity index (χ1) is 14.3. The number of oxazole rings is 1. The fourth-order valence-corrected chi connectivity index (χ4v) is 5.47. The van der Waals surface area contributed by atoms with Crippen molar-refractivity contribution in [3.63, 3.8) is 0 Å². The Bertz CT molecular complexity index is 1060. The summed E-state index contributed by atoms with van der Waals surface area (Å²) in [5, 5.41) is 11.0. The van der Waals surface area contributed by atoms with E-state index >= 15 is 0 Å². The van der Waals surface area contributed by atoms with Crippen LogP contribution in [-0.2, 0) is 20.4 Å². The van der Waals surface area contributed by atoms with Crippen LogP contribution in [0.4, 0.5) is 0 Å². The van der Waals surface area contributed by atoms with Gasteiger partial charge < -0.3 is 15.3 Å². The van der Waals surface area contributed by atoms with E-state index in [0.29, 0.717) is 29.5 Å². The number of fused-ring (bicyclic) bond motifs is 1. The molecule has 0 spiro atoms. The van der Waals surface area contributed by atoms with Gasteiger partial charge in [-0.1, -0.05) is 55.8 Å². The average Bonchev–Trinajstić information content (AvgIpc) is 3.14. The van der Waals surface area contributed by atoms with Crippen LogP contribution in [0.5, 0.6) is 0 Å². The molecule has 0 saturated carbocycles. The number of aromatic nitrogens is 1. The summed E-state index contributed by atoms with van der Waals surface area (Å²) < 4.78 is 31.2. The Morgan fingerprint density at radius 1 is 1.13 bits per heavy atom. The highest BCUT2D eigenvalue weighted by Gasteiger charge is 2.37. The minimum absolute atomic E-state index is 0.0568. The first-order valence-corrected chi connectivity index (χ1v) is 11.7. The monoisotopic (exact) mass is 430 g/mol. The van der Waals surface area contributed by atoms with Gasteiger partial charge in [-0.05, 0) is 24.1 Å². The van der Waals surface area contributed by atoms with E-state index in [1.165, 1.54) is 0 Å². The number of nitrogens with zero attached hydrogens (tertiary/aromatic N) is 1. The van der Waals surface area contributed by atoms with Crippen molar-refractivity contribution in [3.8, 4) is 0 Å². The number of carbonyl (C=O) groups is 1. The molecular weight excluding hydrogens is 404 g/mol. The summed E-state index contributed by atoms with van der Waals surface area (Å²) in [6.07, 6.45) is -0.222. The standard InChI is InChI=1S/C22H26N2O5S/c1-2-8-16(20(25)22-24-18-11-6-7-12-19(18)29-22)17(21(23)26)14-30(27,28)13-15-9-4-3-5-10-15/h3-7,9-12,16-17,20,25H,2,8,13-14H2,1H3,(H2,23,26)/t16-,17?,20?/m0/s1. The molecule has 2 unspecified atom stereocenters. The Hall–Kier alpha value is -2.71. The van der Waals surface area contributed by atoms with Crippen molar-refractivity contribution in [2.45, 2.75) is 31.6 Å². The molecule has 3 atom stereocenters. The van der Waals surface area contributed by atoms with E-state index in [9.17, 15) is 18.3 Å². The highest BCUT2D eigenvalue weighted by Crippen LogP contribution is 2.34. The van der Waals surface area contributed by atoms with E-state index in [1.54, 1.807) is 54.6 Å². The van der Waals surface area contributed by atoms with Gasteiger partial charge >= 0.3 is 0 Å². The first kappa shape index (κ1) is 22.0. The number of para-hydroxylation sites is 2. The van der Waals surface area contributed by atoms with Gasteiger partial charge in [0.1, 0.15) is 11.6 Å². The molecule has 1 aromatic heterocycles. The second-order valence-electron chi connectivity index (χ2n) is 7.47. The number of rotatable bonds is 10. The van der Waals surface area contributed by atoms with Crippen LogP contribution < -0.4 is 5.73 Å². The third-order valence-electron chi connectivity index (χ3n) is 5.14. The van der Waals surface area contributed by atoms with Gasteiger partial charge in [-0.15, -0.1) is 0 Å². The van der Waals surface area contributed by atoms with Gasteiger partial charge in [0.25, 0.3) is 0 Å². The Morgan fingerprint density at radius 2 is 1.80 bits per heavy atom. The van der Waals surface area contributed by atoms with Gasteiger partial charge in [-0.25, -0.2) is 13.4 Å². The lowest BCUT2D eigenvalue weighted by Crippen LogP contribution is -2.38. The molecule has 3 aromatic rings. The molecule has 1 amide bonds. The molecule has 0 aliphatic heterocycles. The summed E-state index contributed by atoms with van der Waals surface area (Å²) in [7, 11) is -3.65. The van der Waals surface area contributed by atoms with Gasteiger partial charge in [0, 0.05) is 5.92 Å². The van der Waals surface area contributed by atoms with Crippen LogP contribution in [0.1, 0.15) is 37.3 Å².